The fraction of sp³-hybridized carbons (Fsp3) is 1.00. The Balaban J connectivity index is 1.93. The van der Waals surface area contributed by atoms with Gasteiger partial charge in [-0.1, -0.05) is 19.8 Å². The smallest absolute Gasteiger partial charge is 0.0724 e. The summed E-state index contributed by atoms with van der Waals surface area (Å²) in [4.78, 5) is 2.67. The van der Waals surface area contributed by atoms with Gasteiger partial charge in [0.2, 0.25) is 0 Å². The van der Waals surface area contributed by atoms with E-state index in [1.54, 1.807) is 0 Å². The summed E-state index contributed by atoms with van der Waals surface area (Å²) in [5.41, 5.74) is 0.715. The number of nitrogens with zero attached hydrogens (tertiary/aromatic N) is 1. The molecule has 2 aliphatic rings. The van der Waals surface area contributed by atoms with Crippen LogP contribution >= 0.6 is 0 Å². The molecule has 1 saturated heterocycles. The van der Waals surface area contributed by atoms with E-state index in [0.29, 0.717) is 17.4 Å². The van der Waals surface area contributed by atoms with Crippen molar-refractivity contribution in [2.75, 3.05) is 33.3 Å². The van der Waals surface area contributed by atoms with Gasteiger partial charge in [0, 0.05) is 32.3 Å². The first-order valence-electron chi connectivity index (χ1n) is 8.84. The van der Waals surface area contributed by atoms with Gasteiger partial charge in [-0.2, -0.15) is 0 Å². The van der Waals surface area contributed by atoms with Gasteiger partial charge in [-0.3, -0.25) is 0 Å². The van der Waals surface area contributed by atoms with E-state index >= 15 is 0 Å². The van der Waals surface area contributed by atoms with Crippen LogP contribution in [-0.4, -0.2) is 49.8 Å². The van der Waals surface area contributed by atoms with Crippen LogP contribution in [0.4, 0.5) is 0 Å². The van der Waals surface area contributed by atoms with Gasteiger partial charge in [0.1, 0.15) is 0 Å². The van der Waals surface area contributed by atoms with Crippen molar-refractivity contribution in [2.24, 2.45) is 11.3 Å². The fourth-order valence-electron chi connectivity index (χ4n) is 3.99. The molecule has 0 aromatic rings. The summed E-state index contributed by atoms with van der Waals surface area (Å²) in [6.45, 7) is 14.0. The molecule has 21 heavy (non-hydrogen) atoms. The molecular weight excluding hydrogens is 260 g/mol. The van der Waals surface area contributed by atoms with Crippen LogP contribution in [0, 0.1) is 11.3 Å². The van der Waals surface area contributed by atoms with E-state index in [4.69, 9.17) is 4.74 Å². The zero-order valence-corrected chi connectivity index (χ0v) is 14.9. The number of hydrogen-bond acceptors (Lipinski definition) is 3. The standard InChI is InChI=1S/C18H36N2O/c1-15-8-11-20(12-16(15)21-5)14-18(9-6-7-10-18)13-19-17(2,3)4/h15-16,19H,6-14H2,1-5H3. The molecule has 1 saturated carbocycles. The Hall–Kier alpha value is -0.120. The maximum absolute atomic E-state index is 5.69. The van der Waals surface area contributed by atoms with Crippen LogP contribution in [0.25, 0.3) is 0 Å². The number of hydrogen-bond donors (Lipinski definition) is 1. The van der Waals surface area contributed by atoms with Gasteiger partial charge in [0.15, 0.2) is 0 Å². The van der Waals surface area contributed by atoms with Crippen LogP contribution < -0.4 is 5.32 Å². The molecule has 2 unspecified atom stereocenters. The van der Waals surface area contributed by atoms with E-state index in [1.807, 2.05) is 7.11 Å². The minimum absolute atomic E-state index is 0.223. The SMILES string of the molecule is COC1CN(CC2(CNC(C)(C)C)CCCC2)CCC1C. The molecule has 1 heterocycles. The number of piperidine rings is 1. The summed E-state index contributed by atoms with van der Waals surface area (Å²) in [5, 5.41) is 3.77. The number of rotatable bonds is 5. The molecule has 124 valence electrons. The van der Waals surface area contributed by atoms with E-state index in [1.165, 1.54) is 51.7 Å². The molecule has 1 aliphatic carbocycles. The van der Waals surface area contributed by atoms with Crippen LogP contribution in [-0.2, 0) is 4.74 Å². The van der Waals surface area contributed by atoms with Gasteiger partial charge in [0.05, 0.1) is 6.10 Å². The van der Waals surface area contributed by atoms with E-state index in [9.17, 15) is 0 Å². The molecular formula is C18H36N2O. The summed E-state index contributed by atoms with van der Waals surface area (Å²) >= 11 is 0. The maximum Gasteiger partial charge on any atom is 0.0724 e. The van der Waals surface area contributed by atoms with Gasteiger partial charge < -0.3 is 15.0 Å². The molecule has 2 rings (SSSR count). The van der Waals surface area contributed by atoms with Crippen LogP contribution in [0.2, 0.25) is 0 Å². The number of ether oxygens (including phenoxy) is 1. The Kier molecular flexibility index (Phi) is 5.72. The second-order valence-electron chi connectivity index (χ2n) is 8.59. The molecule has 0 spiro atoms. The molecule has 3 heteroatoms. The highest BCUT2D eigenvalue weighted by molar-refractivity contribution is 4.93. The normalized spacial score (nSPS) is 30.7. The van der Waals surface area contributed by atoms with Crippen LogP contribution in [0.3, 0.4) is 0 Å². The lowest BCUT2D eigenvalue weighted by Crippen LogP contribution is -2.51. The van der Waals surface area contributed by atoms with Crippen molar-refractivity contribution in [1.82, 2.24) is 10.2 Å². The van der Waals surface area contributed by atoms with E-state index in [-0.39, 0.29) is 5.54 Å². The van der Waals surface area contributed by atoms with E-state index in [2.05, 4.69) is 37.9 Å². The number of likely N-dealkylation sites (tertiary alicyclic amines) is 1. The summed E-state index contributed by atoms with van der Waals surface area (Å²) in [6, 6.07) is 0. The second kappa shape index (κ2) is 6.97. The van der Waals surface area contributed by atoms with Crippen molar-refractivity contribution in [3.63, 3.8) is 0 Å². The van der Waals surface area contributed by atoms with Crippen LogP contribution in [0.5, 0.6) is 0 Å². The molecule has 1 N–H and O–H groups in total. The average Bonchev–Trinajstić information content (AvgIpc) is 2.87. The van der Waals surface area contributed by atoms with Crippen molar-refractivity contribution in [3.05, 3.63) is 0 Å². The quantitative estimate of drug-likeness (QED) is 0.842. The minimum atomic E-state index is 0.223. The van der Waals surface area contributed by atoms with Crippen molar-refractivity contribution in [3.8, 4) is 0 Å². The highest BCUT2D eigenvalue weighted by Crippen LogP contribution is 2.39. The third-order valence-electron chi connectivity index (χ3n) is 5.49. The zero-order valence-electron chi connectivity index (χ0n) is 14.9. The van der Waals surface area contributed by atoms with Gasteiger partial charge >= 0.3 is 0 Å². The van der Waals surface area contributed by atoms with Crippen molar-refractivity contribution < 1.29 is 4.74 Å². The topological polar surface area (TPSA) is 24.5 Å². The van der Waals surface area contributed by atoms with Crippen molar-refractivity contribution in [1.29, 1.82) is 0 Å². The molecule has 0 radical (unpaired) electrons. The first-order valence-corrected chi connectivity index (χ1v) is 8.84. The Morgan fingerprint density at radius 3 is 2.48 bits per heavy atom. The first kappa shape index (κ1) is 17.2. The van der Waals surface area contributed by atoms with Gasteiger partial charge in [-0.05, 0) is 57.9 Å². The molecule has 3 nitrogen and oxygen atoms in total. The largest absolute Gasteiger partial charge is 0.380 e. The maximum atomic E-state index is 5.69. The molecule has 0 aromatic heterocycles. The van der Waals surface area contributed by atoms with Crippen LogP contribution in [0.1, 0.15) is 59.8 Å². The summed E-state index contributed by atoms with van der Waals surface area (Å²) in [5.74, 6) is 0.707. The van der Waals surface area contributed by atoms with Crippen molar-refractivity contribution in [2.45, 2.75) is 71.4 Å². The van der Waals surface area contributed by atoms with Gasteiger partial charge in [-0.15, -0.1) is 0 Å². The Morgan fingerprint density at radius 2 is 1.90 bits per heavy atom. The zero-order chi connectivity index (χ0) is 15.5. The third-order valence-corrected chi connectivity index (χ3v) is 5.49. The Bertz CT molecular complexity index is 318. The lowest BCUT2D eigenvalue weighted by atomic mass is 9.83. The van der Waals surface area contributed by atoms with Gasteiger partial charge in [0.25, 0.3) is 0 Å². The van der Waals surface area contributed by atoms with E-state index in [0.717, 1.165) is 6.54 Å². The molecule has 2 fully saturated rings. The minimum Gasteiger partial charge on any atom is -0.380 e. The fourth-order valence-corrected chi connectivity index (χ4v) is 3.99. The summed E-state index contributed by atoms with van der Waals surface area (Å²) in [7, 11) is 1.87. The first-order chi connectivity index (χ1) is 9.84. The monoisotopic (exact) mass is 296 g/mol. The predicted octanol–water partition coefficient (Wildman–Crippen LogP) is 3.29. The molecule has 0 bridgehead atoms. The Morgan fingerprint density at radius 1 is 1.24 bits per heavy atom. The van der Waals surface area contributed by atoms with Crippen molar-refractivity contribution >= 4 is 0 Å². The highest BCUT2D eigenvalue weighted by atomic mass is 16.5. The summed E-state index contributed by atoms with van der Waals surface area (Å²) in [6.07, 6.45) is 7.29. The highest BCUT2D eigenvalue weighted by Gasteiger charge is 2.38. The predicted molar refractivity (Wildman–Crippen MR) is 89.7 cm³/mol. The average molecular weight is 296 g/mol. The number of methoxy groups -OCH3 is 1. The van der Waals surface area contributed by atoms with Crippen LogP contribution in [0.15, 0.2) is 0 Å². The Labute approximate surface area is 131 Å². The molecule has 0 amide bonds. The lowest BCUT2D eigenvalue weighted by molar-refractivity contribution is -0.0181. The van der Waals surface area contributed by atoms with E-state index < -0.39 is 0 Å². The lowest BCUT2D eigenvalue weighted by Gasteiger charge is -2.42. The summed E-state index contributed by atoms with van der Waals surface area (Å²) < 4.78 is 5.69. The second-order valence-corrected chi connectivity index (χ2v) is 8.59. The van der Waals surface area contributed by atoms with Gasteiger partial charge in [-0.25, -0.2) is 0 Å². The molecule has 0 aromatic carbocycles. The molecule has 2 atom stereocenters. The third kappa shape index (κ3) is 4.94. The number of nitrogens with one attached hydrogen (secondary N) is 1. The molecule has 1 aliphatic heterocycles.